The van der Waals surface area contributed by atoms with Gasteiger partial charge in [-0.25, -0.2) is 4.39 Å². The second kappa shape index (κ2) is 5.30. The Labute approximate surface area is 107 Å². The molecule has 1 aromatic heterocycles. The maximum Gasteiger partial charge on any atom is 0.325 e. The van der Waals surface area contributed by atoms with Crippen LogP contribution in [0.15, 0.2) is 36.7 Å². The number of aromatic nitrogens is 2. The van der Waals surface area contributed by atoms with E-state index in [9.17, 15) is 14.0 Å². The third-order valence-corrected chi connectivity index (χ3v) is 2.28. The Balaban J connectivity index is 2.07. The molecular weight excluding hydrogens is 253 g/mol. The minimum absolute atomic E-state index is 0.200. The number of aliphatic carboxylic acids is 1. The third-order valence-electron chi connectivity index (χ3n) is 2.28. The number of nitrogens with zero attached hydrogens (tertiary/aromatic N) is 2. The molecule has 1 aromatic carbocycles. The topological polar surface area (TPSA) is 84.2 Å². The van der Waals surface area contributed by atoms with Crippen LogP contribution >= 0.6 is 0 Å². The highest BCUT2D eigenvalue weighted by molar-refractivity contribution is 6.03. The first-order valence-corrected chi connectivity index (χ1v) is 5.36. The van der Waals surface area contributed by atoms with Crippen LogP contribution in [0.3, 0.4) is 0 Å². The normalized spacial score (nSPS) is 10.2. The van der Waals surface area contributed by atoms with Crippen LogP contribution in [-0.4, -0.2) is 26.8 Å². The molecule has 0 aliphatic carbocycles. The molecule has 19 heavy (non-hydrogen) atoms. The minimum atomic E-state index is -1.06. The molecule has 98 valence electrons. The molecule has 0 aliphatic heterocycles. The van der Waals surface area contributed by atoms with Crippen LogP contribution < -0.4 is 5.32 Å². The predicted octanol–water partition coefficient (Wildman–Crippen LogP) is 1.36. The van der Waals surface area contributed by atoms with Gasteiger partial charge in [-0.3, -0.25) is 14.3 Å². The molecule has 7 heteroatoms. The summed E-state index contributed by atoms with van der Waals surface area (Å²) >= 11 is 0. The molecule has 0 radical (unpaired) electrons. The molecule has 0 atom stereocenters. The molecule has 1 heterocycles. The summed E-state index contributed by atoms with van der Waals surface area (Å²) in [6, 6.07) is 5.46. The maximum absolute atomic E-state index is 12.9. The van der Waals surface area contributed by atoms with E-state index in [4.69, 9.17) is 5.11 Å². The first kappa shape index (κ1) is 12.7. The van der Waals surface area contributed by atoms with Gasteiger partial charge in [0.2, 0.25) is 0 Å². The summed E-state index contributed by atoms with van der Waals surface area (Å²) in [4.78, 5) is 22.3. The predicted molar refractivity (Wildman–Crippen MR) is 64.2 cm³/mol. The number of hydrogen-bond acceptors (Lipinski definition) is 3. The van der Waals surface area contributed by atoms with Gasteiger partial charge in [0.05, 0.1) is 11.8 Å². The van der Waals surface area contributed by atoms with Gasteiger partial charge in [0.25, 0.3) is 5.91 Å². The largest absolute Gasteiger partial charge is 0.480 e. The van der Waals surface area contributed by atoms with Gasteiger partial charge in [-0.1, -0.05) is 6.07 Å². The average Bonchev–Trinajstić information content (AvgIpc) is 2.76. The molecule has 0 spiro atoms. The maximum atomic E-state index is 12.9. The number of carboxylic acid groups (broad SMARTS) is 1. The van der Waals surface area contributed by atoms with Crippen molar-refractivity contribution in [2.75, 3.05) is 5.32 Å². The number of rotatable bonds is 4. The van der Waals surface area contributed by atoms with E-state index >= 15 is 0 Å². The van der Waals surface area contributed by atoms with Gasteiger partial charge >= 0.3 is 5.97 Å². The number of nitrogens with one attached hydrogen (secondary N) is 1. The number of halogens is 1. The lowest BCUT2D eigenvalue weighted by Crippen LogP contribution is -2.12. The lowest BCUT2D eigenvalue weighted by molar-refractivity contribution is -0.137. The Bertz CT molecular complexity index is 624. The van der Waals surface area contributed by atoms with E-state index in [1.807, 2.05) is 0 Å². The molecule has 0 bridgehead atoms. The summed E-state index contributed by atoms with van der Waals surface area (Å²) < 4.78 is 14.1. The monoisotopic (exact) mass is 263 g/mol. The molecule has 6 nitrogen and oxygen atoms in total. The highest BCUT2D eigenvalue weighted by Gasteiger charge is 2.10. The Hall–Kier alpha value is -2.70. The Morgan fingerprint density at radius 3 is 2.89 bits per heavy atom. The van der Waals surface area contributed by atoms with Gasteiger partial charge in [0.1, 0.15) is 12.4 Å². The highest BCUT2D eigenvalue weighted by Crippen LogP contribution is 2.10. The Morgan fingerprint density at radius 1 is 1.42 bits per heavy atom. The Morgan fingerprint density at radius 2 is 2.21 bits per heavy atom. The minimum Gasteiger partial charge on any atom is -0.480 e. The van der Waals surface area contributed by atoms with Crippen LogP contribution in [-0.2, 0) is 11.3 Å². The summed E-state index contributed by atoms with van der Waals surface area (Å²) in [5, 5.41) is 14.8. The number of hydrogen-bond donors (Lipinski definition) is 2. The molecule has 1 amide bonds. The van der Waals surface area contributed by atoms with Crippen molar-refractivity contribution in [3.05, 3.63) is 48.0 Å². The van der Waals surface area contributed by atoms with E-state index in [2.05, 4.69) is 10.4 Å². The van der Waals surface area contributed by atoms with E-state index in [-0.39, 0.29) is 12.1 Å². The molecule has 2 aromatic rings. The fourth-order valence-electron chi connectivity index (χ4n) is 1.48. The number of anilines is 1. The second-order valence-corrected chi connectivity index (χ2v) is 3.78. The van der Waals surface area contributed by atoms with E-state index < -0.39 is 17.7 Å². The van der Waals surface area contributed by atoms with Gasteiger partial charge in [-0.15, -0.1) is 0 Å². The van der Waals surface area contributed by atoms with Crippen molar-refractivity contribution in [1.29, 1.82) is 0 Å². The summed E-state index contributed by atoms with van der Waals surface area (Å²) in [6.07, 6.45) is 2.56. The SMILES string of the molecule is O=C(O)Cn1cc(C(=O)Nc2cccc(F)c2)cn1. The molecule has 2 N–H and O–H groups in total. The van der Waals surface area contributed by atoms with Crippen LogP contribution in [0.25, 0.3) is 0 Å². The number of carbonyl (C=O) groups is 2. The molecule has 0 aliphatic rings. The smallest absolute Gasteiger partial charge is 0.325 e. The van der Waals surface area contributed by atoms with Crippen LogP contribution in [0.1, 0.15) is 10.4 Å². The molecule has 0 saturated carbocycles. The van der Waals surface area contributed by atoms with Gasteiger partial charge in [-0.05, 0) is 18.2 Å². The first-order valence-electron chi connectivity index (χ1n) is 5.36. The van der Waals surface area contributed by atoms with Crippen molar-refractivity contribution in [1.82, 2.24) is 9.78 Å². The van der Waals surface area contributed by atoms with Crippen molar-refractivity contribution in [3.63, 3.8) is 0 Å². The first-order chi connectivity index (χ1) is 9.04. The fraction of sp³-hybridized carbons (Fsp3) is 0.0833. The zero-order chi connectivity index (χ0) is 13.8. The summed E-state index contributed by atoms with van der Waals surface area (Å²) in [5.74, 6) is -2.00. The summed E-state index contributed by atoms with van der Waals surface area (Å²) in [7, 11) is 0. The third kappa shape index (κ3) is 3.38. The molecular formula is C12H10FN3O3. The molecule has 0 saturated heterocycles. The quantitative estimate of drug-likeness (QED) is 0.872. The zero-order valence-electron chi connectivity index (χ0n) is 9.71. The van der Waals surface area contributed by atoms with Gasteiger partial charge in [0, 0.05) is 11.9 Å². The summed E-state index contributed by atoms with van der Waals surface area (Å²) in [5.41, 5.74) is 0.515. The van der Waals surface area contributed by atoms with Gasteiger partial charge in [-0.2, -0.15) is 5.10 Å². The number of carbonyl (C=O) groups excluding carboxylic acids is 1. The lowest BCUT2D eigenvalue weighted by atomic mass is 10.3. The summed E-state index contributed by atoms with van der Waals surface area (Å²) in [6.45, 7) is -0.326. The van der Waals surface area contributed by atoms with Crippen molar-refractivity contribution in [2.24, 2.45) is 0 Å². The second-order valence-electron chi connectivity index (χ2n) is 3.78. The van der Waals surface area contributed by atoms with Crippen LogP contribution in [0.4, 0.5) is 10.1 Å². The van der Waals surface area contributed by atoms with Crippen LogP contribution in [0.2, 0.25) is 0 Å². The van der Waals surface area contributed by atoms with Crippen LogP contribution in [0.5, 0.6) is 0 Å². The number of benzene rings is 1. The van der Waals surface area contributed by atoms with Crippen molar-refractivity contribution >= 4 is 17.6 Å². The van der Waals surface area contributed by atoms with Crippen molar-refractivity contribution < 1.29 is 19.1 Å². The average molecular weight is 263 g/mol. The van der Waals surface area contributed by atoms with E-state index in [0.29, 0.717) is 5.69 Å². The molecule has 0 fully saturated rings. The Kier molecular flexibility index (Phi) is 3.56. The molecule has 0 unspecified atom stereocenters. The van der Waals surface area contributed by atoms with Gasteiger partial charge in [0.15, 0.2) is 0 Å². The van der Waals surface area contributed by atoms with E-state index in [1.165, 1.54) is 30.6 Å². The van der Waals surface area contributed by atoms with Crippen molar-refractivity contribution in [3.8, 4) is 0 Å². The van der Waals surface area contributed by atoms with Crippen LogP contribution in [0, 0.1) is 5.82 Å². The standard InChI is InChI=1S/C12H10FN3O3/c13-9-2-1-3-10(4-9)15-12(19)8-5-14-16(6-8)7-11(17)18/h1-6H,7H2,(H,15,19)(H,17,18). The molecule has 2 rings (SSSR count). The van der Waals surface area contributed by atoms with E-state index in [1.54, 1.807) is 6.07 Å². The number of amides is 1. The van der Waals surface area contributed by atoms with Crippen molar-refractivity contribution in [2.45, 2.75) is 6.54 Å². The lowest BCUT2D eigenvalue weighted by Gasteiger charge is -2.02. The van der Waals surface area contributed by atoms with Gasteiger partial charge < -0.3 is 10.4 Å². The zero-order valence-corrected chi connectivity index (χ0v) is 9.71. The number of carboxylic acids is 1. The highest BCUT2D eigenvalue weighted by atomic mass is 19.1. The van der Waals surface area contributed by atoms with E-state index in [0.717, 1.165) is 4.68 Å². The fourth-order valence-corrected chi connectivity index (χ4v) is 1.48.